The van der Waals surface area contributed by atoms with Gasteiger partial charge in [0.15, 0.2) is 6.10 Å². The van der Waals surface area contributed by atoms with Crippen molar-refractivity contribution in [3.8, 4) is 0 Å². The van der Waals surface area contributed by atoms with E-state index in [1.54, 1.807) is 0 Å². The highest BCUT2D eigenvalue weighted by atomic mass is 16.6. The Bertz CT molecular complexity index is 1230. The molecule has 6 heteroatoms. The van der Waals surface area contributed by atoms with Gasteiger partial charge in [-0.25, -0.2) is 0 Å². The summed E-state index contributed by atoms with van der Waals surface area (Å²) in [5.41, 5.74) is 0. The molecule has 0 unspecified atom stereocenters. The van der Waals surface area contributed by atoms with Crippen molar-refractivity contribution in [2.24, 2.45) is 0 Å². The number of carbonyl (C=O) groups is 3. The van der Waals surface area contributed by atoms with Crippen molar-refractivity contribution in [3.05, 3.63) is 72.9 Å². The molecule has 0 heterocycles. The molecule has 0 saturated carbocycles. The minimum Gasteiger partial charge on any atom is -0.462 e. The summed E-state index contributed by atoms with van der Waals surface area (Å²) in [6.45, 7) is 6.55. The van der Waals surface area contributed by atoms with Gasteiger partial charge in [-0.3, -0.25) is 14.4 Å². The maximum Gasteiger partial charge on any atom is 0.306 e. The van der Waals surface area contributed by atoms with Crippen molar-refractivity contribution in [2.75, 3.05) is 13.2 Å². The molecule has 0 saturated heterocycles. The van der Waals surface area contributed by atoms with Crippen molar-refractivity contribution in [2.45, 2.75) is 271 Å². The number of hydrogen-bond donors (Lipinski definition) is 0. The number of rotatable bonds is 49. The first-order chi connectivity index (χ1) is 32.0. The van der Waals surface area contributed by atoms with Crippen molar-refractivity contribution >= 4 is 17.9 Å². The molecule has 0 amide bonds. The Morgan fingerprint density at radius 3 is 0.923 bits per heavy atom. The second-order valence-corrected chi connectivity index (χ2v) is 18.1. The Hall–Kier alpha value is -3.15. The number of esters is 3. The Labute approximate surface area is 402 Å². The Morgan fingerprint density at radius 1 is 0.308 bits per heavy atom. The van der Waals surface area contributed by atoms with Gasteiger partial charge in [-0.2, -0.15) is 0 Å². The Balaban J connectivity index is 4.44. The van der Waals surface area contributed by atoms with Gasteiger partial charge in [0.05, 0.1) is 0 Å². The molecular formula is C59H102O6. The summed E-state index contributed by atoms with van der Waals surface area (Å²) in [6, 6.07) is 0. The summed E-state index contributed by atoms with van der Waals surface area (Å²) >= 11 is 0. The molecule has 6 nitrogen and oxygen atoms in total. The van der Waals surface area contributed by atoms with Crippen LogP contribution in [0.4, 0.5) is 0 Å². The number of carbonyl (C=O) groups excluding carboxylic acids is 3. The van der Waals surface area contributed by atoms with Crippen LogP contribution in [0.15, 0.2) is 72.9 Å². The van der Waals surface area contributed by atoms with E-state index in [9.17, 15) is 14.4 Å². The molecule has 0 aliphatic heterocycles. The predicted molar refractivity (Wildman–Crippen MR) is 279 cm³/mol. The van der Waals surface area contributed by atoms with Gasteiger partial charge in [0, 0.05) is 19.3 Å². The van der Waals surface area contributed by atoms with Crippen LogP contribution in [0.1, 0.15) is 265 Å². The van der Waals surface area contributed by atoms with Gasteiger partial charge in [-0.1, -0.05) is 203 Å². The third-order valence-electron chi connectivity index (χ3n) is 11.7. The summed E-state index contributed by atoms with van der Waals surface area (Å²) in [5, 5.41) is 0. The van der Waals surface area contributed by atoms with E-state index in [1.807, 2.05) is 0 Å². The zero-order valence-corrected chi connectivity index (χ0v) is 42.7. The fourth-order valence-corrected chi connectivity index (χ4v) is 7.47. The van der Waals surface area contributed by atoms with Crippen LogP contribution in [0.25, 0.3) is 0 Å². The average molecular weight is 907 g/mol. The van der Waals surface area contributed by atoms with Crippen LogP contribution in [0.2, 0.25) is 0 Å². The lowest BCUT2D eigenvalue weighted by atomic mass is 10.1. The first-order valence-corrected chi connectivity index (χ1v) is 27.4. The van der Waals surface area contributed by atoms with E-state index in [-0.39, 0.29) is 31.1 Å². The van der Waals surface area contributed by atoms with Gasteiger partial charge in [0.1, 0.15) is 13.2 Å². The highest BCUT2D eigenvalue weighted by Crippen LogP contribution is 2.14. The first kappa shape index (κ1) is 61.9. The van der Waals surface area contributed by atoms with Crippen LogP contribution in [0.3, 0.4) is 0 Å². The van der Waals surface area contributed by atoms with Crippen molar-refractivity contribution < 1.29 is 28.6 Å². The van der Waals surface area contributed by atoms with Crippen LogP contribution in [-0.2, 0) is 28.6 Å². The number of unbranched alkanes of at least 4 members (excludes halogenated alkanes) is 26. The van der Waals surface area contributed by atoms with Gasteiger partial charge in [0.2, 0.25) is 0 Å². The van der Waals surface area contributed by atoms with Crippen molar-refractivity contribution in [3.63, 3.8) is 0 Å². The van der Waals surface area contributed by atoms with Crippen LogP contribution in [-0.4, -0.2) is 37.2 Å². The van der Waals surface area contributed by atoms with Gasteiger partial charge in [-0.15, -0.1) is 0 Å². The molecule has 0 aliphatic rings. The SMILES string of the molecule is CCCCC/C=C/C/C=C/C/C=C/C/C=C/CCCCCC(=O)OC[C@@H](COC(=O)CCCCCCC/C=C/CCCCCC)OC(=O)CCCCCCCCC/C=C/CCCCCC. The third kappa shape index (κ3) is 51.7. The highest BCUT2D eigenvalue weighted by molar-refractivity contribution is 5.71. The molecule has 65 heavy (non-hydrogen) atoms. The minimum atomic E-state index is -0.794. The second kappa shape index (κ2) is 53.5. The lowest BCUT2D eigenvalue weighted by molar-refractivity contribution is -0.167. The molecule has 0 bridgehead atoms. The van der Waals surface area contributed by atoms with E-state index in [2.05, 4.69) is 93.7 Å². The fourth-order valence-electron chi connectivity index (χ4n) is 7.47. The summed E-state index contributed by atoms with van der Waals surface area (Å²) < 4.78 is 16.8. The summed E-state index contributed by atoms with van der Waals surface area (Å²) in [7, 11) is 0. The molecule has 1 atom stereocenters. The molecule has 0 fully saturated rings. The maximum atomic E-state index is 12.8. The molecule has 0 rings (SSSR count). The summed E-state index contributed by atoms with van der Waals surface area (Å²) in [5.74, 6) is -0.932. The standard InChI is InChI=1S/C59H102O6/c1-4-7-10-13-16-19-22-25-27-28-29-30-32-34-37-40-43-46-49-52-58(61)64-55-56(54-63-57(60)51-48-45-42-39-36-33-24-21-18-15-12-9-6-3)65-59(62)53-50-47-44-41-38-35-31-26-23-20-17-14-11-8-5-2/h16,19-21,23-25,27,29-30,34,37,56H,4-15,17-18,22,26,28,31-33,35-36,38-55H2,1-3H3/b19-16+,23-20+,24-21+,27-25+,30-29+,37-34+/t56-/m1/s1. The van der Waals surface area contributed by atoms with E-state index in [1.165, 1.54) is 135 Å². The van der Waals surface area contributed by atoms with Gasteiger partial charge in [0.25, 0.3) is 0 Å². The fraction of sp³-hybridized carbons (Fsp3) is 0.746. The van der Waals surface area contributed by atoms with Crippen LogP contribution >= 0.6 is 0 Å². The number of ether oxygens (including phenoxy) is 3. The van der Waals surface area contributed by atoms with Crippen molar-refractivity contribution in [1.82, 2.24) is 0 Å². The monoisotopic (exact) mass is 907 g/mol. The van der Waals surface area contributed by atoms with E-state index in [0.29, 0.717) is 19.3 Å². The molecule has 0 N–H and O–H groups in total. The normalized spacial score (nSPS) is 12.6. The molecule has 0 aromatic carbocycles. The molecule has 0 radical (unpaired) electrons. The van der Waals surface area contributed by atoms with Gasteiger partial charge in [-0.05, 0) is 116 Å². The van der Waals surface area contributed by atoms with Gasteiger partial charge >= 0.3 is 17.9 Å². The lowest BCUT2D eigenvalue weighted by Crippen LogP contribution is -2.30. The van der Waals surface area contributed by atoms with E-state index >= 15 is 0 Å². The molecule has 0 spiro atoms. The summed E-state index contributed by atoms with van der Waals surface area (Å²) in [4.78, 5) is 38.0. The van der Waals surface area contributed by atoms with Gasteiger partial charge < -0.3 is 14.2 Å². The highest BCUT2D eigenvalue weighted by Gasteiger charge is 2.19. The Morgan fingerprint density at radius 2 is 0.554 bits per heavy atom. The molecule has 374 valence electrons. The number of hydrogen-bond acceptors (Lipinski definition) is 6. The van der Waals surface area contributed by atoms with E-state index < -0.39 is 6.10 Å². The number of allylic oxidation sites excluding steroid dienone is 12. The zero-order chi connectivity index (χ0) is 47.2. The second-order valence-electron chi connectivity index (χ2n) is 18.1. The van der Waals surface area contributed by atoms with E-state index in [4.69, 9.17) is 14.2 Å². The zero-order valence-electron chi connectivity index (χ0n) is 42.7. The van der Waals surface area contributed by atoms with E-state index in [0.717, 1.165) is 89.9 Å². The predicted octanol–water partition coefficient (Wildman–Crippen LogP) is 18.2. The summed E-state index contributed by atoms with van der Waals surface area (Å²) in [6.07, 6.45) is 67.4. The third-order valence-corrected chi connectivity index (χ3v) is 11.7. The topological polar surface area (TPSA) is 78.9 Å². The quantitative estimate of drug-likeness (QED) is 0.0262. The maximum absolute atomic E-state index is 12.8. The van der Waals surface area contributed by atoms with Crippen LogP contribution in [0, 0.1) is 0 Å². The first-order valence-electron chi connectivity index (χ1n) is 27.4. The lowest BCUT2D eigenvalue weighted by Gasteiger charge is -2.18. The smallest absolute Gasteiger partial charge is 0.306 e. The minimum absolute atomic E-state index is 0.0915. The molecule has 0 aromatic heterocycles. The Kier molecular flexibility index (Phi) is 50.9. The van der Waals surface area contributed by atoms with Crippen LogP contribution in [0.5, 0.6) is 0 Å². The largest absolute Gasteiger partial charge is 0.462 e. The molecular weight excluding hydrogens is 805 g/mol. The van der Waals surface area contributed by atoms with Crippen LogP contribution < -0.4 is 0 Å². The average Bonchev–Trinajstić information content (AvgIpc) is 3.30. The molecule has 0 aromatic rings. The molecule has 0 aliphatic carbocycles. The van der Waals surface area contributed by atoms with Crippen molar-refractivity contribution in [1.29, 1.82) is 0 Å².